The Morgan fingerprint density at radius 1 is 1.00 bits per heavy atom. The van der Waals surface area contributed by atoms with Gasteiger partial charge in [0.2, 0.25) is 0 Å². The third-order valence-corrected chi connectivity index (χ3v) is 5.86. The van der Waals surface area contributed by atoms with E-state index in [1.165, 1.54) is 76.2 Å². The highest BCUT2D eigenvalue weighted by molar-refractivity contribution is 5.33. The molecule has 2 rings (SSSR count). The molecule has 0 unspecified atom stereocenters. The molecule has 0 aromatic heterocycles. The van der Waals surface area contributed by atoms with E-state index in [0.717, 1.165) is 24.7 Å². The van der Waals surface area contributed by atoms with Crippen LogP contribution in [0.5, 0.6) is 0 Å². The standard InChI is InChI=1S/C25H37NO/c1-2-3-4-5-6-8-19-27-20-9-7-10-22-11-15-24(16-12-22)25-17-13-23(21-26)14-18-25/h6,8,13-14,17-18,22,24H,2-5,7,9-12,15-16,19-20H2,1H3/b8-6+. The van der Waals surface area contributed by atoms with Crippen LogP contribution in [-0.4, -0.2) is 13.2 Å². The number of benzene rings is 1. The molecule has 0 atom stereocenters. The summed E-state index contributed by atoms with van der Waals surface area (Å²) >= 11 is 0. The number of hydrogen-bond acceptors (Lipinski definition) is 2. The quantitative estimate of drug-likeness (QED) is 0.290. The van der Waals surface area contributed by atoms with Crippen molar-refractivity contribution < 1.29 is 4.74 Å². The van der Waals surface area contributed by atoms with Crippen molar-refractivity contribution in [1.29, 1.82) is 5.26 Å². The van der Waals surface area contributed by atoms with Crippen LogP contribution in [0.15, 0.2) is 36.4 Å². The number of hydrogen-bond donors (Lipinski definition) is 0. The lowest BCUT2D eigenvalue weighted by molar-refractivity contribution is 0.154. The fourth-order valence-electron chi connectivity index (χ4n) is 4.10. The number of allylic oxidation sites excluding steroid dienone is 1. The van der Waals surface area contributed by atoms with Gasteiger partial charge in [-0.05, 0) is 74.5 Å². The van der Waals surface area contributed by atoms with Gasteiger partial charge >= 0.3 is 0 Å². The fraction of sp³-hybridized carbons (Fsp3) is 0.640. The minimum atomic E-state index is 0.696. The molecule has 1 fully saturated rings. The first-order valence-electron chi connectivity index (χ1n) is 11.1. The molecule has 1 aliphatic rings. The Hall–Kier alpha value is -1.59. The second-order valence-electron chi connectivity index (χ2n) is 7.99. The van der Waals surface area contributed by atoms with Gasteiger partial charge in [0.05, 0.1) is 18.2 Å². The minimum Gasteiger partial charge on any atom is -0.377 e. The summed E-state index contributed by atoms with van der Waals surface area (Å²) in [6.45, 7) is 3.93. The Morgan fingerprint density at radius 2 is 1.78 bits per heavy atom. The molecule has 1 aromatic rings. The van der Waals surface area contributed by atoms with E-state index in [4.69, 9.17) is 10.00 Å². The highest BCUT2D eigenvalue weighted by Gasteiger charge is 2.21. The van der Waals surface area contributed by atoms with Gasteiger partial charge in [-0.25, -0.2) is 0 Å². The summed E-state index contributed by atoms with van der Waals surface area (Å²) in [5.74, 6) is 1.60. The molecule has 0 aliphatic heterocycles. The number of nitriles is 1. The van der Waals surface area contributed by atoms with Crippen LogP contribution in [-0.2, 0) is 4.74 Å². The zero-order valence-corrected chi connectivity index (χ0v) is 17.2. The molecule has 1 aliphatic carbocycles. The average molecular weight is 368 g/mol. The van der Waals surface area contributed by atoms with Gasteiger partial charge in [0.1, 0.15) is 0 Å². The molecule has 148 valence electrons. The van der Waals surface area contributed by atoms with Gasteiger partial charge in [0.15, 0.2) is 0 Å². The topological polar surface area (TPSA) is 33.0 Å². The van der Waals surface area contributed by atoms with Crippen LogP contribution >= 0.6 is 0 Å². The Kier molecular flexibility index (Phi) is 10.9. The lowest BCUT2D eigenvalue weighted by atomic mass is 9.77. The summed E-state index contributed by atoms with van der Waals surface area (Å²) in [6, 6.07) is 10.4. The molecule has 0 bridgehead atoms. The van der Waals surface area contributed by atoms with E-state index in [0.29, 0.717) is 5.92 Å². The molecule has 0 N–H and O–H groups in total. The molecule has 0 heterocycles. The maximum absolute atomic E-state index is 8.91. The van der Waals surface area contributed by atoms with E-state index >= 15 is 0 Å². The lowest BCUT2D eigenvalue weighted by Crippen LogP contribution is -2.13. The molecule has 0 saturated heterocycles. The predicted molar refractivity (Wildman–Crippen MR) is 114 cm³/mol. The van der Waals surface area contributed by atoms with E-state index in [9.17, 15) is 0 Å². The molecule has 1 aromatic carbocycles. The Labute approximate surface area is 166 Å². The first kappa shape index (κ1) is 21.7. The van der Waals surface area contributed by atoms with Crippen molar-refractivity contribution in [3.05, 3.63) is 47.5 Å². The van der Waals surface area contributed by atoms with E-state index in [2.05, 4.69) is 37.3 Å². The SMILES string of the molecule is CCCCC/C=C/COCCCCC1CCC(c2ccc(C#N)cc2)CC1. The number of unbranched alkanes of at least 4 members (excludes halogenated alkanes) is 4. The van der Waals surface area contributed by atoms with Crippen molar-refractivity contribution in [2.45, 2.75) is 83.5 Å². The van der Waals surface area contributed by atoms with Gasteiger partial charge < -0.3 is 4.74 Å². The van der Waals surface area contributed by atoms with Gasteiger partial charge in [-0.2, -0.15) is 5.26 Å². The van der Waals surface area contributed by atoms with Gasteiger partial charge in [-0.15, -0.1) is 0 Å². The smallest absolute Gasteiger partial charge is 0.0991 e. The first-order chi connectivity index (χ1) is 13.3. The largest absolute Gasteiger partial charge is 0.377 e. The second kappa shape index (κ2) is 13.6. The van der Waals surface area contributed by atoms with Crippen molar-refractivity contribution in [2.24, 2.45) is 5.92 Å². The molecular formula is C25H37NO. The number of ether oxygens (including phenoxy) is 1. The van der Waals surface area contributed by atoms with Gasteiger partial charge in [0.25, 0.3) is 0 Å². The van der Waals surface area contributed by atoms with Gasteiger partial charge in [0, 0.05) is 6.61 Å². The Balaban J connectivity index is 1.48. The van der Waals surface area contributed by atoms with Crippen molar-refractivity contribution in [2.75, 3.05) is 13.2 Å². The molecule has 0 spiro atoms. The van der Waals surface area contributed by atoms with Crippen LogP contribution < -0.4 is 0 Å². The third-order valence-electron chi connectivity index (χ3n) is 5.86. The van der Waals surface area contributed by atoms with Crippen LogP contribution in [0.25, 0.3) is 0 Å². The third kappa shape index (κ3) is 8.76. The van der Waals surface area contributed by atoms with Gasteiger partial charge in [-0.3, -0.25) is 0 Å². The van der Waals surface area contributed by atoms with Crippen LogP contribution in [0.4, 0.5) is 0 Å². The summed E-state index contributed by atoms with van der Waals surface area (Å²) < 4.78 is 5.71. The molecule has 1 saturated carbocycles. The average Bonchev–Trinajstić information content (AvgIpc) is 2.72. The maximum atomic E-state index is 8.91. The van der Waals surface area contributed by atoms with Crippen LogP contribution in [0.1, 0.15) is 94.6 Å². The molecule has 2 nitrogen and oxygen atoms in total. The first-order valence-corrected chi connectivity index (χ1v) is 11.1. The van der Waals surface area contributed by atoms with Crippen molar-refractivity contribution in [1.82, 2.24) is 0 Å². The lowest BCUT2D eigenvalue weighted by Gasteiger charge is -2.29. The summed E-state index contributed by atoms with van der Waals surface area (Å²) in [5.41, 5.74) is 2.19. The van der Waals surface area contributed by atoms with E-state index in [1.807, 2.05) is 12.1 Å². The van der Waals surface area contributed by atoms with E-state index in [1.54, 1.807) is 0 Å². The normalized spacial score (nSPS) is 20.0. The zero-order chi connectivity index (χ0) is 19.2. The van der Waals surface area contributed by atoms with Gasteiger partial charge in [-0.1, -0.05) is 56.9 Å². The summed E-state index contributed by atoms with van der Waals surface area (Å²) in [5, 5.41) is 8.91. The van der Waals surface area contributed by atoms with Crippen molar-refractivity contribution in [3.8, 4) is 6.07 Å². The molecular weight excluding hydrogens is 330 g/mol. The maximum Gasteiger partial charge on any atom is 0.0991 e. The molecule has 27 heavy (non-hydrogen) atoms. The highest BCUT2D eigenvalue weighted by Crippen LogP contribution is 2.37. The van der Waals surface area contributed by atoms with E-state index < -0.39 is 0 Å². The van der Waals surface area contributed by atoms with E-state index in [-0.39, 0.29) is 0 Å². The summed E-state index contributed by atoms with van der Waals surface area (Å²) in [4.78, 5) is 0. The van der Waals surface area contributed by atoms with Crippen LogP contribution in [0.3, 0.4) is 0 Å². The molecule has 0 radical (unpaired) electrons. The molecule has 0 amide bonds. The number of rotatable bonds is 12. The molecule has 2 heteroatoms. The summed E-state index contributed by atoms with van der Waals surface area (Å²) in [7, 11) is 0. The monoisotopic (exact) mass is 367 g/mol. The fourth-order valence-corrected chi connectivity index (χ4v) is 4.10. The Morgan fingerprint density at radius 3 is 2.48 bits per heavy atom. The van der Waals surface area contributed by atoms with Crippen LogP contribution in [0, 0.1) is 17.2 Å². The van der Waals surface area contributed by atoms with Crippen molar-refractivity contribution >= 4 is 0 Å². The second-order valence-corrected chi connectivity index (χ2v) is 7.99. The zero-order valence-electron chi connectivity index (χ0n) is 17.2. The van der Waals surface area contributed by atoms with Crippen molar-refractivity contribution in [3.63, 3.8) is 0 Å². The van der Waals surface area contributed by atoms with Crippen LogP contribution in [0.2, 0.25) is 0 Å². The Bertz CT molecular complexity index is 561. The minimum absolute atomic E-state index is 0.696. The highest BCUT2D eigenvalue weighted by atomic mass is 16.5. The predicted octanol–water partition coefficient (Wildman–Crippen LogP) is 7.16. The summed E-state index contributed by atoms with van der Waals surface area (Å²) in [6.07, 6.45) is 18.7. The number of nitrogens with zero attached hydrogens (tertiary/aromatic N) is 1.